The molecule has 0 aliphatic heterocycles. The summed E-state index contributed by atoms with van der Waals surface area (Å²) in [6, 6.07) is 14.4. The van der Waals surface area contributed by atoms with Gasteiger partial charge < -0.3 is 5.32 Å². The third-order valence-electron chi connectivity index (χ3n) is 3.16. The fourth-order valence-electron chi connectivity index (χ4n) is 2.14. The van der Waals surface area contributed by atoms with Gasteiger partial charge in [0.2, 0.25) is 0 Å². The molecule has 19 heavy (non-hydrogen) atoms. The number of hydrogen-bond acceptors (Lipinski definition) is 2. The molecule has 0 bridgehead atoms. The van der Waals surface area contributed by atoms with E-state index in [1.807, 2.05) is 36.5 Å². The predicted molar refractivity (Wildman–Crippen MR) is 80.4 cm³/mol. The van der Waals surface area contributed by atoms with Crippen LogP contribution < -0.4 is 5.32 Å². The van der Waals surface area contributed by atoms with Crippen LogP contribution in [0.4, 0.5) is 0 Å². The number of nitrogens with one attached hydrogen (secondary N) is 1. The third-order valence-corrected chi connectivity index (χ3v) is 3.39. The molecule has 3 heteroatoms. The quantitative estimate of drug-likeness (QED) is 0.861. The summed E-state index contributed by atoms with van der Waals surface area (Å²) in [6.45, 7) is 3.10. The van der Waals surface area contributed by atoms with Crippen LogP contribution in [0.2, 0.25) is 5.02 Å². The highest BCUT2D eigenvalue weighted by Gasteiger charge is 2.08. The van der Waals surface area contributed by atoms with Crippen LogP contribution in [0.3, 0.4) is 0 Å². The molecule has 1 aromatic heterocycles. The Kier molecular flexibility index (Phi) is 5.37. The molecule has 0 aliphatic rings. The lowest BCUT2D eigenvalue weighted by Crippen LogP contribution is -2.23. The maximum Gasteiger partial charge on any atom is 0.0416 e. The van der Waals surface area contributed by atoms with Crippen molar-refractivity contribution in [2.45, 2.75) is 25.8 Å². The molecule has 100 valence electrons. The average molecular weight is 275 g/mol. The first-order valence-electron chi connectivity index (χ1n) is 6.68. The molecule has 0 radical (unpaired) electrons. The molecule has 0 fully saturated rings. The number of nitrogens with zero attached hydrogens (tertiary/aromatic N) is 1. The number of benzene rings is 1. The van der Waals surface area contributed by atoms with Crippen LogP contribution in [0.25, 0.3) is 0 Å². The SMILES string of the molecule is CCC(NCCc1ccccn1)c1cccc(Cl)c1. The van der Waals surface area contributed by atoms with Crippen molar-refractivity contribution in [2.75, 3.05) is 6.54 Å². The Bertz CT molecular complexity index is 499. The van der Waals surface area contributed by atoms with E-state index in [-0.39, 0.29) is 0 Å². The Labute approximate surface area is 119 Å². The minimum absolute atomic E-state index is 0.349. The molecule has 0 saturated carbocycles. The van der Waals surface area contributed by atoms with Crippen molar-refractivity contribution >= 4 is 11.6 Å². The van der Waals surface area contributed by atoms with E-state index in [0.29, 0.717) is 6.04 Å². The van der Waals surface area contributed by atoms with Crippen molar-refractivity contribution in [1.82, 2.24) is 10.3 Å². The van der Waals surface area contributed by atoms with Gasteiger partial charge >= 0.3 is 0 Å². The van der Waals surface area contributed by atoms with Crippen molar-refractivity contribution < 1.29 is 0 Å². The molecule has 1 heterocycles. The molecule has 0 aliphatic carbocycles. The van der Waals surface area contributed by atoms with Crippen LogP contribution in [0.15, 0.2) is 48.7 Å². The summed E-state index contributed by atoms with van der Waals surface area (Å²) in [6.07, 6.45) is 3.82. The van der Waals surface area contributed by atoms with E-state index in [4.69, 9.17) is 11.6 Å². The van der Waals surface area contributed by atoms with Gasteiger partial charge in [0.15, 0.2) is 0 Å². The molecule has 2 aromatic rings. The second-order valence-electron chi connectivity index (χ2n) is 4.54. The summed E-state index contributed by atoms with van der Waals surface area (Å²) in [5.41, 5.74) is 2.37. The highest BCUT2D eigenvalue weighted by Crippen LogP contribution is 2.20. The highest BCUT2D eigenvalue weighted by molar-refractivity contribution is 6.30. The summed E-state index contributed by atoms with van der Waals surface area (Å²) < 4.78 is 0. The topological polar surface area (TPSA) is 24.9 Å². The van der Waals surface area contributed by atoms with Gasteiger partial charge in [-0.15, -0.1) is 0 Å². The number of aromatic nitrogens is 1. The van der Waals surface area contributed by atoms with Crippen molar-refractivity contribution in [3.63, 3.8) is 0 Å². The molecule has 0 saturated heterocycles. The largest absolute Gasteiger partial charge is 0.310 e. The van der Waals surface area contributed by atoms with Gasteiger partial charge in [-0.3, -0.25) is 4.98 Å². The van der Waals surface area contributed by atoms with Gasteiger partial charge in [0, 0.05) is 35.9 Å². The molecule has 2 nitrogen and oxygen atoms in total. The van der Waals surface area contributed by atoms with Crippen LogP contribution in [-0.2, 0) is 6.42 Å². The van der Waals surface area contributed by atoms with Crippen molar-refractivity contribution in [2.24, 2.45) is 0 Å². The van der Waals surface area contributed by atoms with Gasteiger partial charge in [0.1, 0.15) is 0 Å². The molecular weight excluding hydrogens is 256 g/mol. The molecule has 1 atom stereocenters. The van der Waals surface area contributed by atoms with Crippen molar-refractivity contribution in [3.8, 4) is 0 Å². The number of hydrogen-bond donors (Lipinski definition) is 1. The smallest absolute Gasteiger partial charge is 0.0416 e. The van der Waals surface area contributed by atoms with Crippen LogP contribution in [0, 0.1) is 0 Å². The Morgan fingerprint density at radius 3 is 2.79 bits per heavy atom. The lowest BCUT2D eigenvalue weighted by atomic mass is 10.0. The Hall–Kier alpha value is -1.38. The number of halogens is 1. The zero-order chi connectivity index (χ0) is 13.5. The Morgan fingerprint density at radius 2 is 2.11 bits per heavy atom. The summed E-state index contributed by atoms with van der Waals surface area (Å²) in [4.78, 5) is 4.33. The van der Waals surface area contributed by atoms with Crippen molar-refractivity contribution in [1.29, 1.82) is 0 Å². The summed E-state index contributed by atoms with van der Waals surface area (Å²) in [5.74, 6) is 0. The van der Waals surface area contributed by atoms with Gasteiger partial charge in [-0.1, -0.05) is 36.7 Å². The lowest BCUT2D eigenvalue weighted by molar-refractivity contribution is 0.521. The van der Waals surface area contributed by atoms with Gasteiger partial charge in [-0.05, 0) is 36.2 Å². The van der Waals surface area contributed by atoms with Gasteiger partial charge in [0.05, 0.1) is 0 Å². The van der Waals surface area contributed by atoms with E-state index in [1.165, 1.54) is 5.56 Å². The van der Waals surface area contributed by atoms with Gasteiger partial charge in [-0.25, -0.2) is 0 Å². The van der Waals surface area contributed by atoms with E-state index >= 15 is 0 Å². The molecule has 2 rings (SSSR count). The number of pyridine rings is 1. The molecule has 0 spiro atoms. The first-order chi connectivity index (χ1) is 9.29. The van der Waals surface area contributed by atoms with Crippen LogP contribution >= 0.6 is 11.6 Å². The minimum Gasteiger partial charge on any atom is -0.310 e. The van der Waals surface area contributed by atoms with Crippen LogP contribution in [-0.4, -0.2) is 11.5 Å². The Balaban J connectivity index is 1.89. The second kappa shape index (κ2) is 7.27. The fourth-order valence-corrected chi connectivity index (χ4v) is 2.34. The minimum atomic E-state index is 0.349. The zero-order valence-electron chi connectivity index (χ0n) is 11.1. The molecule has 0 amide bonds. The van der Waals surface area contributed by atoms with Crippen molar-refractivity contribution in [3.05, 3.63) is 64.9 Å². The third kappa shape index (κ3) is 4.34. The molecule has 1 unspecified atom stereocenters. The first-order valence-corrected chi connectivity index (χ1v) is 7.06. The van der Waals surface area contributed by atoms with Gasteiger partial charge in [-0.2, -0.15) is 0 Å². The van der Waals surface area contributed by atoms with E-state index in [2.05, 4.69) is 29.4 Å². The Morgan fingerprint density at radius 1 is 1.21 bits per heavy atom. The molecule has 1 N–H and O–H groups in total. The fraction of sp³-hybridized carbons (Fsp3) is 0.312. The summed E-state index contributed by atoms with van der Waals surface area (Å²) >= 11 is 6.04. The molecular formula is C16H19ClN2. The normalized spacial score (nSPS) is 12.3. The lowest BCUT2D eigenvalue weighted by Gasteiger charge is -2.17. The maximum atomic E-state index is 6.04. The predicted octanol–water partition coefficient (Wildman–Crippen LogP) is 4.02. The summed E-state index contributed by atoms with van der Waals surface area (Å²) in [7, 11) is 0. The number of rotatable bonds is 6. The monoisotopic (exact) mass is 274 g/mol. The highest BCUT2D eigenvalue weighted by atomic mass is 35.5. The van der Waals surface area contributed by atoms with E-state index < -0.39 is 0 Å². The molecule has 1 aromatic carbocycles. The van der Waals surface area contributed by atoms with Crippen LogP contribution in [0.5, 0.6) is 0 Å². The second-order valence-corrected chi connectivity index (χ2v) is 4.98. The first kappa shape index (κ1) is 14.0. The van der Waals surface area contributed by atoms with E-state index in [9.17, 15) is 0 Å². The standard InChI is InChI=1S/C16H19ClN2/c1-2-16(13-6-5-7-14(17)12-13)19-11-9-15-8-3-4-10-18-15/h3-8,10,12,16,19H,2,9,11H2,1H3. The summed E-state index contributed by atoms with van der Waals surface area (Å²) in [5, 5.41) is 4.36. The van der Waals surface area contributed by atoms with Crippen LogP contribution in [0.1, 0.15) is 30.6 Å². The van der Waals surface area contributed by atoms with Gasteiger partial charge in [0.25, 0.3) is 0 Å². The van der Waals surface area contributed by atoms with E-state index in [0.717, 1.165) is 30.1 Å². The van der Waals surface area contributed by atoms with E-state index in [1.54, 1.807) is 0 Å². The zero-order valence-corrected chi connectivity index (χ0v) is 11.9. The maximum absolute atomic E-state index is 6.04. The average Bonchev–Trinajstić information content (AvgIpc) is 2.45.